The van der Waals surface area contributed by atoms with Crippen LogP contribution < -0.4 is 4.74 Å². The smallest absolute Gasteiger partial charge is 0.196 e. The van der Waals surface area contributed by atoms with Gasteiger partial charge in [-0.2, -0.15) is 0 Å². The number of carbonyl (C=O) groups excluding carboxylic acids is 1. The van der Waals surface area contributed by atoms with E-state index in [-0.39, 0.29) is 11.5 Å². The standard InChI is InChI=1S/C12H14ClNO2/c1-9(15)12(8-14(2)3)16-11-6-4-5-10(13)7-11/h4-8H,1-3H3. The van der Waals surface area contributed by atoms with Crippen LogP contribution in [-0.4, -0.2) is 24.8 Å². The molecule has 0 saturated heterocycles. The van der Waals surface area contributed by atoms with E-state index in [1.54, 1.807) is 35.4 Å². The van der Waals surface area contributed by atoms with Crippen molar-refractivity contribution in [2.24, 2.45) is 0 Å². The topological polar surface area (TPSA) is 29.5 Å². The SMILES string of the molecule is CC(=O)C(=CN(C)C)Oc1cccc(Cl)c1. The average Bonchev–Trinajstić information content (AvgIpc) is 2.15. The Morgan fingerprint density at radius 1 is 1.44 bits per heavy atom. The van der Waals surface area contributed by atoms with Gasteiger partial charge in [0.1, 0.15) is 5.75 Å². The van der Waals surface area contributed by atoms with E-state index in [0.29, 0.717) is 10.8 Å². The lowest BCUT2D eigenvalue weighted by Gasteiger charge is -2.11. The van der Waals surface area contributed by atoms with Gasteiger partial charge in [0.2, 0.25) is 0 Å². The van der Waals surface area contributed by atoms with Gasteiger partial charge in [-0.3, -0.25) is 4.79 Å². The number of halogens is 1. The fraction of sp³-hybridized carbons (Fsp3) is 0.250. The molecule has 0 aromatic heterocycles. The van der Waals surface area contributed by atoms with Gasteiger partial charge in [-0.15, -0.1) is 0 Å². The number of Topliss-reactive ketones (excluding diaryl/α,β-unsaturated/α-hetero) is 1. The Morgan fingerprint density at radius 3 is 2.62 bits per heavy atom. The quantitative estimate of drug-likeness (QED) is 0.598. The molecule has 3 nitrogen and oxygen atoms in total. The highest BCUT2D eigenvalue weighted by Crippen LogP contribution is 2.19. The Labute approximate surface area is 100 Å². The number of rotatable bonds is 4. The van der Waals surface area contributed by atoms with Crippen molar-refractivity contribution in [3.8, 4) is 5.75 Å². The van der Waals surface area contributed by atoms with E-state index >= 15 is 0 Å². The maximum Gasteiger partial charge on any atom is 0.196 e. The second-order valence-electron chi connectivity index (χ2n) is 3.57. The third-order valence-corrected chi connectivity index (χ3v) is 1.98. The molecule has 0 aliphatic carbocycles. The zero-order chi connectivity index (χ0) is 12.1. The first-order valence-electron chi connectivity index (χ1n) is 4.81. The van der Waals surface area contributed by atoms with Gasteiger partial charge in [-0.25, -0.2) is 0 Å². The molecule has 0 radical (unpaired) electrons. The van der Waals surface area contributed by atoms with Gasteiger partial charge >= 0.3 is 0 Å². The Morgan fingerprint density at radius 2 is 2.12 bits per heavy atom. The molecule has 4 heteroatoms. The Kier molecular flexibility index (Phi) is 4.38. The number of carbonyl (C=O) groups is 1. The van der Waals surface area contributed by atoms with Crippen LogP contribution in [0.4, 0.5) is 0 Å². The third-order valence-electron chi connectivity index (χ3n) is 1.75. The van der Waals surface area contributed by atoms with E-state index in [1.165, 1.54) is 6.92 Å². The third kappa shape index (κ3) is 3.95. The monoisotopic (exact) mass is 239 g/mol. The first kappa shape index (κ1) is 12.6. The summed E-state index contributed by atoms with van der Waals surface area (Å²) in [4.78, 5) is 13.1. The molecule has 0 aliphatic rings. The fourth-order valence-electron chi connectivity index (χ4n) is 1.08. The molecule has 0 fully saturated rings. The summed E-state index contributed by atoms with van der Waals surface area (Å²) in [6.07, 6.45) is 1.63. The minimum atomic E-state index is -0.131. The summed E-state index contributed by atoms with van der Waals surface area (Å²) in [7, 11) is 3.65. The zero-order valence-corrected chi connectivity index (χ0v) is 10.3. The van der Waals surface area contributed by atoms with Crippen molar-refractivity contribution in [2.75, 3.05) is 14.1 Å². The van der Waals surface area contributed by atoms with Crippen LogP contribution in [0.2, 0.25) is 5.02 Å². The van der Waals surface area contributed by atoms with E-state index < -0.39 is 0 Å². The highest BCUT2D eigenvalue weighted by molar-refractivity contribution is 6.30. The number of ketones is 1. The lowest BCUT2D eigenvalue weighted by atomic mass is 10.3. The fourth-order valence-corrected chi connectivity index (χ4v) is 1.26. The predicted octanol–water partition coefficient (Wildman–Crippen LogP) is 2.71. The molecule has 1 rings (SSSR count). The summed E-state index contributed by atoms with van der Waals surface area (Å²) in [6, 6.07) is 6.93. The molecule has 0 spiro atoms. The summed E-state index contributed by atoms with van der Waals surface area (Å²) in [6.45, 7) is 1.46. The van der Waals surface area contributed by atoms with E-state index in [0.717, 1.165) is 0 Å². The molecular formula is C12H14ClNO2. The van der Waals surface area contributed by atoms with Gasteiger partial charge in [0.15, 0.2) is 11.5 Å². The molecule has 16 heavy (non-hydrogen) atoms. The normalized spacial score (nSPS) is 11.1. The van der Waals surface area contributed by atoms with Crippen molar-refractivity contribution < 1.29 is 9.53 Å². The molecule has 0 saturated carbocycles. The summed E-state index contributed by atoms with van der Waals surface area (Å²) < 4.78 is 5.45. The maximum absolute atomic E-state index is 11.3. The number of allylic oxidation sites excluding steroid dienone is 1. The van der Waals surface area contributed by atoms with Gasteiger partial charge in [0, 0.05) is 32.2 Å². The first-order valence-corrected chi connectivity index (χ1v) is 5.19. The first-order chi connectivity index (χ1) is 7.49. The van der Waals surface area contributed by atoms with Crippen molar-refractivity contribution >= 4 is 17.4 Å². The molecule has 0 atom stereocenters. The van der Waals surface area contributed by atoms with Crippen LogP contribution in [0.3, 0.4) is 0 Å². The van der Waals surface area contributed by atoms with Gasteiger partial charge in [-0.05, 0) is 18.2 Å². The van der Waals surface area contributed by atoms with E-state index in [1.807, 2.05) is 14.1 Å². The minimum Gasteiger partial charge on any atom is -0.452 e. The maximum atomic E-state index is 11.3. The summed E-state index contributed by atoms with van der Waals surface area (Å²) in [5.74, 6) is 0.705. The molecule has 0 unspecified atom stereocenters. The van der Waals surface area contributed by atoms with Crippen LogP contribution in [0.5, 0.6) is 5.75 Å². The van der Waals surface area contributed by atoms with Crippen LogP contribution in [0.15, 0.2) is 36.2 Å². The highest BCUT2D eigenvalue weighted by Gasteiger charge is 2.07. The molecule has 0 bridgehead atoms. The van der Waals surface area contributed by atoms with Crippen LogP contribution in [0.1, 0.15) is 6.92 Å². The van der Waals surface area contributed by atoms with Crippen molar-refractivity contribution in [1.82, 2.24) is 4.90 Å². The lowest BCUT2D eigenvalue weighted by Crippen LogP contribution is -2.11. The number of ether oxygens (including phenoxy) is 1. The van der Waals surface area contributed by atoms with Gasteiger partial charge in [-0.1, -0.05) is 17.7 Å². The summed E-state index contributed by atoms with van der Waals surface area (Å²) in [5.41, 5.74) is 0. The largest absolute Gasteiger partial charge is 0.452 e. The van der Waals surface area contributed by atoms with Gasteiger partial charge < -0.3 is 9.64 Å². The molecule has 0 aliphatic heterocycles. The number of nitrogens with zero attached hydrogens (tertiary/aromatic N) is 1. The Balaban J connectivity index is 2.88. The Hall–Kier alpha value is -1.48. The summed E-state index contributed by atoms with van der Waals surface area (Å²) >= 11 is 5.82. The molecule has 0 heterocycles. The van der Waals surface area contributed by atoms with E-state index in [9.17, 15) is 4.79 Å². The average molecular weight is 240 g/mol. The summed E-state index contributed by atoms with van der Waals surface area (Å²) in [5, 5.41) is 0.574. The number of benzene rings is 1. The van der Waals surface area contributed by atoms with Crippen LogP contribution in [0.25, 0.3) is 0 Å². The molecule has 86 valence electrons. The van der Waals surface area contributed by atoms with Crippen molar-refractivity contribution in [1.29, 1.82) is 0 Å². The number of hydrogen-bond acceptors (Lipinski definition) is 3. The van der Waals surface area contributed by atoms with Crippen LogP contribution in [0, 0.1) is 0 Å². The lowest BCUT2D eigenvalue weighted by molar-refractivity contribution is -0.115. The van der Waals surface area contributed by atoms with Crippen LogP contribution >= 0.6 is 11.6 Å². The number of hydrogen-bond donors (Lipinski definition) is 0. The second kappa shape index (κ2) is 5.56. The molecule has 0 N–H and O–H groups in total. The van der Waals surface area contributed by atoms with Crippen molar-refractivity contribution in [2.45, 2.75) is 6.92 Å². The Bertz CT molecular complexity index is 413. The van der Waals surface area contributed by atoms with Gasteiger partial charge in [0.05, 0.1) is 0 Å². The zero-order valence-electron chi connectivity index (χ0n) is 9.53. The molecule has 0 amide bonds. The molecular weight excluding hydrogens is 226 g/mol. The minimum absolute atomic E-state index is 0.131. The molecule has 1 aromatic carbocycles. The van der Waals surface area contributed by atoms with Crippen LogP contribution in [-0.2, 0) is 4.79 Å². The van der Waals surface area contributed by atoms with E-state index in [4.69, 9.17) is 16.3 Å². The van der Waals surface area contributed by atoms with Crippen molar-refractivity contribution in [3.63, 3.8) is 0 Å². The highest BCUT2D eigenvalue weighted by atomic mass is 35.5. The second-order valence-corrected chi connectivity index (χ2v) is 4.01. The molecule has 1 aromatic rings. The van der Waals surface area contributed by atoms with Gasteiger partial charge in [0.25, 0.3) is 0 Å². The predicted molar refractivity (Wildman–Crippen MR) is 64.5 cm³/mol. The van der Waals surface area contributed by atoms with Crippen molar-refractivity contribution in [3.05, 3.63) is 41.2 Å². The van der Waals surface area contributed by atoms with E-state index in [2.05, 4.69) is 0 Å².